The van der Waals surface area contributed by atoms with E-state index in [1.807, 2.05) is 30.3 Å². The lowest BCUT2D eigenvalue weighted by Crippen LogP contribution is -2.61. The molecule has 0 radical (unpaired) electrons. The summed E-state index contributed by atoms with van der Waals surface area (Å²) in [6, 6.07) is 59.0. The Kier molecular flexibility index (Phi) is 6.95. The third-order valence-electron chi connectivity index (χ3n) is 13.1. The van der Waals surface area contributed by atoms with E-state index in [0.717, 1.165) is 55.8 Å². The highest BCUT2D eigenvalue weighted by Crippen LogP contribution is 2.55. The molecule has 0 N–H and O–H groups in total. The molecule has 0 unspecified atom stereocenters. The van der Waals surface area contributed by atoms with Gasteiger partial charge >= 0.3 is 6.85 Å². The second-order valence-corrected chi connectivity index (χ2v) is 17.7. The number of fused-ring (bicyclic) bond motifs is 13. The van der Waals surface area contributed by atoms with E-state index in [9.17, 15) is 0 Å². The standard InChI is InChI=1S/C55H39BN2O3/c1-32-28-35(55(2,3)4)25-27-42(32)57-45-31-50-49(59-47-22-11-12-23-48(47)60-50)30-41(45)56-52-40(29-34-15-6-8-17-37(34)53(52)57)51-36-16-7-5-14-33(36)24-26-43(51)58(56)44-20-13-19-39-38-18-9-10-21-46(38)61-54(39)44/h5-31H,1-4H3. The quantitative estimate of drug-likeness (QED) is 0.163. The molecule has 9 aromatic carbocycles. The van der Waals surface area contributed by atoms with Gasteiger partial charge in [-0.25, -0.2) is 0 Å². The van der Waals surface area contributed by atoms with Crippen LogP contribution in [-0.2, 0) is 5.41 Å². The van der Waals surface area contributed by atoms with Crippen molar-refractivity contribution in [2.75, 3.05) is 9.71 Å². The SMILES string of the molecule is Cc1cc(C(C)(C)C)ccc1N1c2cc3c(cc2B2c4c(cc5ccccc5c41)-c1c(ccc4ccccc14)N2c1cccc2c1oc1ccccc12)Oc1ccccc1O3. The van der Waals surface area contributed by atoms with Crippen molar-refractivity contribution in [3.05, 3.63) is 175 Å². The monoisotopic (exact) mass is 786 g/mol. The first kappa shape index (κ1) is 34.4. The summed E-state index contributed by atoms with van der Waals surface area (Å²) in [4.78, 5) is 5.05. The number of furan rings is 1. The van der Waals surface area contributed by atoms with Crippen LogP contribution in [0.15, 0.2) is 168 Å². The molecule has 61 heavy (non-hydrogen) atoms. The van der Waals surface area contributed by atoms with Gasteiger partial charge in [-0.1, -0.05) is 130 Å². The Bertz CT molecular complexity index is 3530. The minimum Gasteiger partial charge on any atom is -0.454 e. The highest BCUT2D eigenvalue weighted by molar-refractivity contribution is 6.94. The van der Waals surface area contributed by atoms with Crippen LogP contribution in [0.4, 0.5) is 28.4 Å². The molecule has 0 saturated carbocycles. The topological polar surface area (TPSA) is 38.1 Å². The maximum absolute atomic E-state index is 6.90. The van der Waals surface area contributed by atoms with Crippen LogP contribution < -0.4 is 30.1 Å². The van der Waals surface area contributed by atoms with Gasteiger partial charge in [0.1, 0.15) is 5.58 Å². The fourth-order valence-electron chi connectivity index (χ4n) is 10.3. The molecule has 0 amide bonds. The molecule has 1 aromatic heterocycles. The van der Waals surface area contributed by atoms with Crippen LogP contribution in [0, 0.1) is 6.92 Å². The predicted octanol–water partition coefficient (Wildman–Crippen LogP) is 14.1. The number of anilines is 5. The lowest BCUT2D eigenvalue weighted by molar-refractivity contribution is 0.360. The summed E-state index contributed by atoms with van der Waals surface area (Å²) in [5.41, 5.74) is 14.4. The van der Waals surface area contributed by atoms with Gasteiger partial charge in [-0.3, -0.25) is 0 Å². The van der Waals surface area contributed by atoms with E-state index in [0.29, 0.717) is 23.0 Å². The number of para-hydroxylation sites is 4. The third-order valence-corrected chi connectivity index (χ3v) is 13.1. The highest BCUT2D eigenvalue weighted by atomic mass is 16.6. The van der Waals surface area contributed by atoms with Crippen molar-refractivity contribution >= 4 is 89.7 Å². The Morgan fingerprint density at radius 1 is 0.508 bits per heavy atom. The molecular formula is C55H39BN2O3. The van der Waals surface area contributed by atoms with Gasteiger partial charge in [-0.05, 0) is 105 Å². The van der Waals surface area contributed by atoms with Crippen LogP contribution in [0.2, 0.25) is 0 Å². The molecule has 0 spiro atoms. The Labute approximate surface area is 354 Å². The van der Waals surface area contributed by atoms with Gasteiger partial charge in [0.15, 0.2) is 28.6 Å². The van der Waals surface area contributed by atoms with Crippen molar-refractivity contribution in [1.29, 1.82) is 0 Å². The number of benzene rings is 9. The number of aryl methyl sites for hydroxylation is 1. The molecule has 5 nitrogen and oxygen atoms in total. The van der Waals surface area contributed by atoms with Gasteiger partial charge in [0.25, 0.3) is 0 Å². The predicted molar refractivity (Wildman–Crippen MR) is 252 cm³/mol. The van der Waals surface area contributed by atoms with E-state index in [1.54, 1.807) is 0 Å². The first-order chi connectivity index (χ1) is 29.8. The maximum atomic E-state index is 6.90. The molecule has 0 atom stereocenters. The summed E-state index contributed by atoms with van der Waals surface area (Å²) in [5, 5.41) is 6.96. The van der Waals surface area contributed by atoms with Crippen LogP contribution in [0.1, 0.15) is 31.9 Å². The molecular weight excluding hydrogens is 747 g/mol. The summed E-state index contributed by atoms with van der Waals surface area (Å²) < 4.78 is 20.4. The zero-order chi connectivity index (χ0) is 40.7. The molecule has 4 heterocycles. The van der Waals surface area contributed by atoms with Crippen LogP contribution in [-0.4, -0.2) is 6.85 Å². The molecule has 0 bridgehead atoms. The second kappa shape index (κ2) is 12.3. The highest BCUT2D eigenvalue weighted by Gasteiger charge is 2.48. The Morgan fingerprint density at radius 2 is 1.18 bits per heavy atom. The van der Waals surface area contributed by atoms with Crippen LogP contribution >= 0.6 is 0 Å². The molecule has 290 valence electrons. The van der Waals surface area contributed by atoms with Crippen molar-refractivity contribution in [2.24, 2.45) is 0 Å². The molecule has 10 aromatic rings. The van der Waals surface area contributed by atoms with Gasteiger partial charge < -0.3 is 23.6 Å². The van der Waals surface area contributed by atoms with Crippen molar-refractivity contribution in [3.63, 3.8) is 0 Å². The van der Waals surface area contributed by atoms with Crippen LogP contribution in [0.3, 0.4) is 0 Å². The molecule has 0 saturated heterocycles. The fourth-order valence-corrected chi connectivity index (χ4v) is 10.3. The summed E-state index contributed by atoms with van der Waals surface area (Å²) in [5.74, 6) is 2.78. The minimum absolute atomic E-state index is 0.00656. The fraction of sp³-hybridized carbons (Fsp3) is 0.0909. The number of nitrogens with zero attached hydrogens (tertiary/aromatic N) is 2. The average molecular weight is 787 g/mol. The van der Waals surface area contributed by atoms with Gasteiger partial charge in [0.2, 0.25) is 0 Å². The van der Waals surface area contributed by atoms with Crippen molar-refractivity contribution < 1.29 is 13.9 Å². The van der Waals surface area contributed by atoms with E-state index in [1.165, 1.54) is 49.3 Å². The summed E-state index contributed by atoms with van der Waals surface area (Å²) in [7, 11) is 0. The number of rotatable bonds is 2. The lowest BCUT2D eigenvalue weighted by atomic mass is 9.43. The van der Waals surface area contributed by atoms with E-state index in [2.05, 4.69) is 171 Å². The number of hydrogen-bond acceptors (Lipinski definition) is 5. The second-order valence-electron chi connectivity index (χ2n) is 17.7. The third kappa shape index (κ3) is 4.84. The van der Waals surface area contributed by atoms with Gasteiger partial charge in [-0.15, -0.1) is 0 Å². The number of hydrogen-bond donors (Lipinski definition) is 0. The zero-order valence-corrected chi connectivity index (χ0v) is 34.3. The van der Waals surface area contributed by atoms with E-state index in [-0.39, 0.29) is 12.3 Å². The summed E-state index contributed by atoms with van der Waals surface area (Å²) >= 11 is 0. The van der Waals surface area contributed by atoms with Gasteiger partial charge in [-0.2, -0.15) is 0 Å². The summed E-state index contributed by atoms with van der Waals surface area (Å²) in [6.07, 6.45) is 0. The lowest BCUT2D eigenvalue weighted by Gasteiger charge is -2.47. The Balaban J connectivity index is 1.20. The smallest absolute Gasteiger partial charge is 0.333 e. The van der Waals surface area contributed by atoms with Gasteiger partial charge in [0, 0.05) is 44.9 Å². The van der Waals surface area contributed by atoms with E-state index >= 15 is 0 Å². The zero-order valence-electron chi connectivity index (χ0n) is 34.3. The molecule has 3 aliphatic heterocycles. The average Bonchev–Trinajstić information content (AvgIpc) is 3.66. The molecule has 0 aliphatic carbocycles. The number of ether oxygens (including phenoxy) is 2. The molecule has 6 heteroatoms. The Hall–Kier alpha value is -7.44. The normalized spacial score (nSPS) is 13.7. The molecule has 3 aliphatic rings. The van der Waals surface area contributed by atoms with Gasteiger partial charge in [0.05, 0.1) is 11.4 Å². The summed E-state index contributed by atoms with van der Waals surface area (Å²) in [6.45, 7) is 8.81. The Morgan fingerprint density at radius 3 is 1.97 bits per heavy atom. The van der Waals surface area contributed by atoms with Crippen molar-refractivity contribution in [1.82, 2.24) is 0 Å². The largest absolute Gasteiger partial charge is 0.454 e. The van der Waals surface area contributed by atoms with Crippen molar-refractivity contribution in [2.45, 2.75) is 33.1 Å². The molecule has 13 rings (SSSR count). The van der Waals surface area contributed by atoms with Crippen LogP contribution in [0.25, 0.3) is 54.6 Å². The first-order valence-electron chi connectivity index (χ1n) is 21.1. The maximum Gasteiger partial charge on any atom is 0.333 e. The molecule has 0 fully saturated rings. The first-order valence-corrected chi connectivity index (χ1v) is 21.1. The van der Waals surface area contributed by atoms with Crippen LogP contribution in [0.5, 0.6) is 23.0 Å². The van der Waals surface area contributed by atoms with E-state index in [4.69, 9.17) is 13.9 Å². The van der Waals surface area contributed by atoms with E-state index < -0.39 is 0 Å². The van der Waals surface area contributed by atoms with Crippen molar-refractivity contribution in [3.8, 4) is 34.1 Å². The minimum atomic E-state index is -0.284.